The predicted molar refractivity (Wildman–Crippen MR) is 114 cm³/mol. The van der Waals surface area contributed by atoms with Crippen molar-refractivity contribution >= 4 is 55.5 Å². The van der Waals surface area contributed by atoms with Crippen LogP contribution in [-0.4, -0.2) is 34.1 Å². The average molecular weight is 446 g/mol. The van der Waals surface area contributed by atoms with Crippen LogP contribution in [0.4, 0.5) is 5.69 Å². The summed E-state index contributed by atoms with van der Waals surface area (Å²) in [6, 6.07) is 8.80. The maximum absolute atomic E-state index is 13.0. The largest absolute Gasteiger partial charge is 0.441 e. The SMILES string of the molecule is Cc1nc2cc(NC(=O)[C@@H](NS(=O)(=O)c3cccc4nsnc34)C(C)C)ccc2o1. The van der Waals surface area contributed by atoms with E-state index in [0.717, 1.165) is 11.7 Å². The molecule has 1 amide bonds. The molecule has 4 aromatic rings. The van der Waals surface area contributed by atoms with E-state index in [1.165, 1.54) is 6.07 Å². The molecule has 0 aliphatic heterocycles. The summed E-state index contributed by atoms with van der Waals surface area (Å²) in [4.78, 5) is 17.1. The number of carbonyl (C=O) groups excluding carboxylic acids is 1. The van der Waals surface area contributed by atoms with Gasteiger partial charge in [-0.3, -0.25) is 4.79 Å². The van der Waals surface area contributed by atoms with Crippen LogP contribution in [0.2, 0.25) is 0 Å². The van der Waals surface area contributed by atoms with E-state index in [4.69, 9.17) is 4.42 Å². The average Bonchev–Trinajstić information content (AvgIpc) is 3.30. The van der Waals surface area contributed by atoms with Gasteiger partial charge in [0.15, 0.2) is 11.5 Å². The minimum absolute atomic E-state index is 0.00769. The highest BCUT2D eigenvalue weighted by molar-refractivity contribution is 7.89. The van der Waals surface area contributed by atoms with E-state index in [-0.39, 0.29) is 16.3 Å². The Morgan fingerprint density at radius 2 is 1.93 bits per heavy atom. The van der Waals surface area contributed by atoms with Crippen molar-refractivity contribution in [3.8, 4) is 0 Å². The lowest BCUT2D eigenvalue weighted by Crippen LogP contribution is -2.47. The van der Waals surface area contributed by atoms with Crippen LogP contribution in [0.25, 0.3) is 22.1 Å². The highest BCUT2D eigenvalue weighted by Crippen LogP contribution is 2.23. The van der Waals surface area contributed by atoms with Gasteiger partial charge in [0.2, 0.25) is 15.9 Å². The summed E-state index contributed by atoms with van der Waals surface area (Å²) >= 11 is 0.934. The molecular formula is C19H19N5O4S2. The van der Waals surface area contributed by atoms with Gasteiger partial charge in [-0.25, -0.2) is 13.4 Å². The highest BCUT2D eigenvalue weighted by atomic mass is 32.2. The number of anilines is 1. The van der Waals surface area contributed by atoms with Gasteiger partial charge in [0.1, 0.15) is 27.5 Å². The summed E-state index contributed by atoms with van der Waals surface area (Å²) in [5.41, 5.74) is 2.48. The molecule has 0 unspecified atom stereocenters. The molecule has 2 heterocycles. The molecule has 156 valence electrons. The number of aromatic nitrogens is 3. The van der Waals surface area contributed by atoms with E-state index in [0.29, 0.717) is 28.2 Å². The molecular weight excluding hydrogens is 426 g/mol. The third-order valence-corrected chi connectivity index (χ3v) is 6.55. The van der Waals surface area contributed by atoms with E-state index in [1.54, 1.807) is 51.1 Å². The molecule has 0 radical (unpaired) electrons. The molecule has 2 aromatic carbocycles. The maximum atomic E-state index is 13.0. The maximum Gasteiger partial charge on any atom is 0.243 e. The van der Waals surface area contributed by atoms with Crippen molar-refractivity contribution in [3.05, 3.63) is 42.3 Å². The van der Waals surface area contributed by atoms with Crippen LogP contribution in [0.3, 0.4) is 0 Å². The van der Waals surface area contributed by atoms with E-state index in [1.807, 2.05) is 0 Å². The molecule has 2 N–H and O–H groups in total. The lowest BCUT2D eigenvalue weighted by atomic mass is 10.0. The number of fused-ring (bicyclic) bond motifs is 2. The first-order valence-electron chi connectivity index (χ1n) is 9.16. The molecule has 11 heteroatoms. The third-order valence-electron chi connectivity index (χ3n) is 4.53. The number of amides is 1. The zero-order valence-corrected chi connectivity index (χ0v) is 18.0. The molecule has 9 nitrogen and oxygen atoms in total. The van der Waals surface area contributed by atoms with Crippen LogP contribution >= 0.6 is 11.7 Å². The van der Waals surface area contributed by atoms with Gasteiger partial charge in [0, 0.05) is 12.6 Å². The number of aryl methyl sites for hydroxylation is 1. The number of benzene rings is 2. The second kappa shape index (κ2) is 7.74. The lowest BCUT2D eigenvalue weighted by molar-refractivity contribution is -0.118. The molecule has 0 aliphatic rings. The minimum Gasteiger partial charge on any atom is -0.441 e. The first-order valence-corrected chi connectivity index (χ1v) is 11.4. The van der Waals surface area contributed by atoms with Gasteiger partial charge in [-0.15, -0.1) is 0 Å². The topological polar surface area (TPSA) is 127 Å². The molecule has 30 heavy (non-hydrogen) atoms. The number of carbonyl (C=O) groups is 1. The number of hydrogen-bond acceptors (Lipinski definition) is 8. The first kappa shape index (κ1) is 20.4. The predicted octanol–water partition coefficient (Wildman–Crippen LogP) is 3.08. The van der Waals surface area contributed by atoms with Crippen molar-refractivity contribution in [1.29, 1.82) is 0 Å². The summed E-state index contributed by atoms with van der Waals surface area (Å²) in [6.45, 7) is 5.27. The molecule has 1 atom stereocenters. The fourth-order valence-electron chi connectivity index (χ4n) is 3.06. The van der Waals surface area contributed by atoms with Crippen molar-refractivity contribution in [2.24, 2.45) is 5.92 Å². The fourth-order valence-corrected chi connectivity index (χ4v) is 5.17. The zero-order chi connectivity index (χ0) is 21.5. The summed E-state index contributed by atoms with van der Waals surface area (Å²) < 4.78 is 42.1. The van der Waals surface area contributed by atoms with E-state index in [9.17, 15) is 13.2 Å². The number of nitrogens with zero attached hydrogens (tertiary/aromatic N) is 3. The van der Waals surface area contributed by atoms with Gasteiger partial charge in [0.25, 0.3) is 0 Å². The third kappa shape index (κ3) is 3.91. The number of oxazole rings is 1. The van der Waals surface area contributed by atoms with Gasteiger partial charge < -0.3 is 9.73 Å². The van der Waals surface area contributed by atoms with Crippen molar-refractivity contribution in [2.75, 3.05) is 5.32 Å². The van der Waals surface area contributed by atoms with Crippen molar-refractivity contribution in [1.82, 2.24) is 18.5 Å². The first-order chi connectivity index (χ1) is 14.2. The van der Waals surface area contributed by atoms with Crippen LogP contribution in [0, 0.1) is 12.8 Å². The molecule has 2 aromatic heterocycles. The Kier molecular flexibility index (Phi) is 5.26. The van der Waals surface area contributed by atoms with Crippen molar-refractivity contribution < 1.29 is 17.6 Å². The Hall–Kier alpha value is -2.89. The van der Waals surface area contributed by atoms with Gasteiger partial charge in [0.05, 0.1) is 11.7 Å². The zero-order valence-electron chi connectivity index (χ0n) is 16.4. The summed E-state index contributed by atoms with van der Waals surface area (Å²) in [7, 11) is -4.00. The van der Waals surface area contributed by atoms with Crippen molar-refractivity contribution in [3.63, 3.8) is 0 Å². The molecule has 0 spiro atoms. The Labute approximate surface area is 176 Å². The number of rotatable bonds is 6. The number of sulfonamides is 1. The summed E-state index contributed by atoms with van der Waals surface area (Å²) in [5, 5.41) is 2.76. The van der Waals surface area contributed by atoms with E-state index in [2.05, 4.69) is 23.8 Å². The number of hydrogen-bond donors (Lipinski definition) is 2. The fraction of sp³-hybridized carbons (Fsp3) is 0.263. The van der Waals surface area contributed by atoms with Crippen LogP contribution in [0.15, 0.2) is 45.7 Å². The standard InChI is InChI=1S/C19H19N5O4S2/c1-10(2)17(19(25)21-12-7-8-15-14(9-12)20-11(3)28-15)24-30(26,27)16-6-4-5-13-18(16)23-29-22-13/h4-10,17,24H,1-3H3,(H,21,25)/t17-/m0/s1. The molecule has 0 saturated carbocycles. The van der Waals surface area contributed by atoms with Crippen LogP contribution in [-0.2, 0) is 14.8 Å². The van der Waals surface area contributed by atoms with Gasteiger partial charge in [-0.2, -0.15) is 13.5 Å². The summed E-state index contributed by atoms with van der Waals surface area (Å²) in [6.07, 6.45) is 0. The quantitative estimate of drug-likeness (QED) is 0.467. The molecule has 0 fully saturated rings. The van der Waals surface area contributed by atoms with Gasteiger partial charge in [-0.05, 0) is 36.2 Å². The normalized spacial score (nSPS) is 13.2. The molecule has 0 aliphatic carbocycles. The van der Waals surface area contributed by atoms with Crippen molar-refractivity contribution in [2.45, 2.75) is 31.7 Å². The lowest BCUT2D eigenvalue weighted by Gasteiger charge is -2.21. The molecule has 0 bridgehead atoms. The summed E-state index contributed by atoms with van der Waals surface area (Å²) in [5.74, 6) is -0.255. The second-order valence-electron chi connectivity index (χ2n) is 7.14. The molecule has 0 saturated heterocycles. The van der Waals surface area contributed by atoms with Crippen LogP contribution in [0.5, 0.6) is 0 Å². The van der Waals surface area contributed by atoms with E-state index >= 15 is 0 Å². The minimum atomic E-state index is -4.00. The molecule has 4 rings (SSSR count). The second-order valence-corrected chi connectivity index (χ2v) is 9.35. The van der Waals surface area contributed by atoms with Crippen LogP contribution < -0.4 is 10.0 Å². The Balaban J connectivity index is 1.59. The Morgan fingerprint density at radius 1 is 1.13 bits per heavy atom. The smallest absolute Gasteiger partial charge is 0.243 e. The van der Waals surface area contributed by atoms with Gasteiger partial charge >= 0.3 is 0 Å². The number of nitrogens with one attached hydrogen (secondary N) is 2. The Bertz CT molecular complexity index is 1340. The van der Waals surface area contributed by atoms with E-state index < -0.39 is 22.0 Å². The monoisotopic (exact) mass is 445 g/mol. The van der Waals surface area contributed by atoms with Crippen LogP contribution in [0.1, 0.15) is 19.7 Å². The Morgan fingerprint density at radius 3 is 2.70 bits per heavy atom. The highest BCUT2D eigenvalue weighted by Gasteiger charge is 2.30. The van der Waals surface area contributed by atoms with Gasteiger partial charge in [-0.1, -0.05) is 19.9 Å².